The van der Waals surface area contributed by atoms with E-state index in [4.69, 9.17) is 13.8 Å². The number of fused-ring (bicyclic) bond motifs is 11. The normalized spacial score (nSPS) is 13.4. The van der Waals surface area contributed by atoms with Gasteiger partial charge in [-0.3, -0.25) is 0 Å². The Morgan fingerprint density at radius 3 is 1.58 bits per heavy atom. The molecule has 2 aromatic heterocycles. The van der Waals surface area contributed by atoms with Crippen molar-refractivity contribution in [3.63, 3.8) is 0 Å². The molecule has 85 heavy (non-hydrogen) atoms. The minimum atomic E-state index is 0.654. The highest BCUT2D eigenvalue weighted by Gasteiger charge is 2.32. The number of para-hydroxylation sites is 3. The molecule has 0 saturated heterocycles. The van der Waals surface area contributed by atoms with E-state index in [1.807, 2.05) is 6.07 Å². The zero-order chi connectivity index (χ0) is 56.2. The lowest BCUT2D eigenvalue weighted by Gasteiger charge is -2.33. The Morgan fingerprint density at radius 1 is 0.376 bits per heavy atom. The van der Waals surface area contributed by atoms with Crippen LogP contribution in [0.15, 0.2) is 317 Å². The summed E-state index contributed by atoms with van der Waals surface area (Å²) in [6, 6.07) is 90.4. The van der Waals surface area contributed by atoms with Crippen LogP contribution in [0.1, 0.15) is 11.1 Å². The van der Waals surface area contributed by atoms with Gasteiger partial charge in [-0.15, -0.1) is 0 Å². The number of nitrogens with zero attached hydrogens (tertiary/aromatic N) is 4. The van der Waals surface area contributed by atoms with Crippen molar-refractivity contribution >= 4 is 105 Å². The van der Waals surface area contributed by atoms with Crippen molar-refractivity contribution in [2.24, 2.45) is 4.99 Å². The van der Waals surface area contributed by atoms with Crippen molar-refractivity contribution in [2.75, 3.05) is 27.8 Å². The predicted octanol–water partition coefficient (Wildman–Crippen LogP) is 21.2. The van der Waals surface area contributed by atoms with Gasteiger partial charge in [0, 0.05) is 96.6 Å². The Hall–Kier alpha value is -11.2. The van der Waals surface area contributed by atoms with Gasteiger partial charge in [-0.05, 0) is 107 Å². The first-order chi connectivity index (χ1) is 42.2. The second-order valence-electron chi connectivity index (χ2n) is 21.7. The van der Waals surface area contributed by atoms with E-state index in [9.17, 15) is 0 Å². The molecule has 6 nitrogen and oxygen atoms in total. The van der Waals surface area contributed by atoms with Gasteiger partial charge in [-0.1, -0.05) is 212 Å². The number of benzene rings is 12. The fourth-order valence-corrected chi connectivity index (χ4v) is 12.9. The van der Waals surface area contributed by atoms with Crippen LogP contribution in [-0.4, -0.2) is 18.8 Å². The molecule has 0 amide bonds. The second kappa shape index (κ2) is 21.0. The summed E-state index contributed by atoms with van der Waals surface area (Å²) in [5, 5.41) is 8.10. The first-order valence-corrected chi connectivity index (χ1v) is 29.0. The first-order valence-electron chi connectivity index (χ1n) is 29.0. The minimum Gasteiger partial charge on any atom is -0.455 e. The van der Waals surface area contributed by atoms with Crippen molar-refractivity contribution in [1.82, 2.24) is 0 Å². The highest BCUT2D eigenvalue weighted by Crippen LogP contribution is 2.56. The molecule has 0 N–H and O–H groups in total. The van der Waals surface area contributed by atoms with Crippen LogP contribution in [0, 0.1) is 0 Å². The van der Waals surface area contributed by atoms with Gasteiger partial charge < -0.3 is 23.5 Å². The maximum Gasteiger partial charge on any atom is 0.159 e. The SMILES string of the molecule is C1=CCN(c2c(N3C=CC=CC3)c3cc(-c4ccccc4)c4oc5c(N(c6ccccc6)c6cccc(-c7ccccc7)c6)cccc5c4c3c3c2cc(C(=Nc2ccccc2)c2ccccc2)c2c4ccc(-c5ccccc5)cc4oc23)C=C1. The lowest BCUT2D eigenvalue weighted by molar-refractivity contribution is 0.670. The average Bonchev–Trinajstić information content (AvgIpc) is 2.75. The van der Waals surface area contributed by atoms with E-state index in [0.29, 0.717) is 13.1 Å². The summed E-state index contributed by atoms with van der Waals surface area (Å²) in [6.07, 6.45) is 17.5. The molecular weight excluding hydrogens is 1040 g/mol. The van der Waals surface area contributed by atoms with Gasteiger partial charge in [0.1, 0.15) is 16.7 Å². The maximum atomic E-state index is 7.76. The minimum absolute atomic E-state index is 0.654. The van der Waals surface area contributed by atoms with Crippen LogP contribution in [-0.2, 0) is 0 Å². The Bertz CT molecular complexity index is 5040. The van der Waals surface area contributed by atoms with E-state index in [-0.39, 0.29) is 0 Å². The number of aliphatic imine (C=N–C) groups is 1. The monoisotopic (exact) mass is 1090 g/mol. The molecule has 402 valence electrons. The number of furan rings is 2. The molecule has 0 radical (unpaired) electrons. The van der Waals surface area contributed by atoms with Crippen LogP contribution in [0.25, 0.3) is 98.8 Å². The van der Waals surface area contributed by atoms with Gasteiger partial charge in [-0.2, -0.15) is 0 Å². The van der Waals surface area contributed by atoms with Crippen LogP contribution in [0.5, 0.6) is 0 Å². The molecule has 0 spiro atoms. The number of hydrogen-bond donors (Lipinski definition) is 0. The Labute approximate surface area is 492 Å². The van der Waals surface area contributed by atoms with Crippen molar-refractivity contribution < 1.29 is 8.83 Å². The van der Waals surface area contributed by atoms with Gasteiger partial charge >= 0.3 is 0 Å². The van der Waals surface area contributed by atoms with Crippen LogP contribution in [0.4, 0.5) is 34.1 Å². The molecule has 14 aromatic rings. The summed E-state index contributed by atoms with van der Waals surface area (Å²) in [5.41, 5.74) is 18.4. The molecule has 16 rings (SSSR count). The summed E-state index contributed by atoms with van der Waals surface area (Å²) in [6.45, 7) is 1.31. The van der Waals surface area contributed by atoms with Crippen molar-refractivity contribution in [1.29, 1.82) is 0 Å². The molecule has 0 aliphatic carbocycles. The fourth-order valence-electron chi connectivity index (χ4n) is 12.9. The molecule has 2 aliphatic rings. The van der Waals surface area contributed by atoms with Gasteiger partial charge in [0.05, 0.1) is 28.5 Å². The molecular formula is C79H54N4O2. The van der Waals surface area contributed by atoms with E-state index < -0.39 is 0 Å². The van der Waals surface area contributed by atoms with Crippen LogP contribution in [0.2, 0.25) is 0 Å². The Balaban J connectivity index is 1.12. The molecule has 0 saturated carbocycles. The number of hydrogen-bond acceptors (Lipinski definition) is 6. The van der Waals surface area contributed by atoms with Crippen LogP contribution in [0.3, 0.4) is 0 Å². The lowest BCUT2D eigenvalue weighted by Crippen LogP contribution is -2.24. The summed E-state index contributed by atoms with van der Waals surface area (Å²) in [4.78, 5) is 12.8. The molecule has 6 heteroatoms. The van der Waals surface area contributed by atoms with E-state index in [2.05, 4.69) is 312 Å². The predicted molar refractivity (Wildman–Crippen MR) is 356 cm³/mol. The smallest absolute Gasteiger partial charge is 0.159 e. The van der Waals surface area contributed by atoms with Crippen LogP contribution >= 0.6 is 0 Å². The van der Waals surface area contributed by atoms with Gasteiger partial charge in [0.25, 0.3) is 0 Å². The standard InChI is InChI=1S/C79H54N4O2/c1-9-27-53(28-10-1)57-35-25-40-61(49-57)83(60-38-19-6-20-39-60)68-42-26-41-63-72-71-66(51-64(78(72)85-77(63)68)55-31-13-3-14-32-55)75(81-45-21-7-22-46-81)76(82-47-23-8-24-48-82)67-52-65(74(56-33-15-4-16-34-56)80-59-36-17-5-18-37-59)70-62-44-43-58(54-29-11-2-12-30-54)50-69(62)84-79(70)73(67)71/h1-45,47,49-52H,46,48H2. The van der Waals surface area contributed by atoms with Crippen molar-refractivity contribution in [2.45, 2.75) is 0 Å². The third-order valence-electron chi connectivity index (χ3n) is 16.6. The van der Waals surface area contributed by atoms with E-state index >= 15 is 0 Å². The summed E-state index contributed by atoms with van der Waals surface area (Å²) >= 11 is 0. The second-order valence-corrected chi connectivity index (χ2v) is 21.7. The Kier molecular flexibility index (Phi) is 12.2. The number of allylic oxidation sites excluding steroid dienone is 4. The summed E-state index contributed by atoms with van der Waals surface area (Å²) < 4.78 is 15.5. The molecule has 12 aromatic carbocycles. The van der Waals surface area contributed by atoms with Crippen molar-refractivity contribution in [3.05, 3.63) is 315 Å². The molecule has 0 fully saturated rings. The molecule has 4 heterocycles. The Morgan fingerprint density at radius 2 is 0.929 bits per heavy atom. The molecule has 0 bridgehead atoms. The maximum absolute atomic E-state index is 7.76. The highest BCUT2D eigenvalue weighted by atomic mass is 16.3. The zero-order valence-electron chi connectivity index (χ0n) is 46.4. The van der Waals surface area contributed by atoms with E-state index in [1.165, 1.54) is 0 Å². The van der Waals surface area contributed by atoms with Gasteiger partial charge in [0.2, 0.25) is 0 Å². The van der Waals surface area contributed by atoms with E-state index in [0.717, 1.165) is 150 Å². The van der Waals surface area contributed by atoms with Crippen molar-refractivity contribution in [3.8, 4) is 33.4 Å². The number of anilines is 5. The summed E-state index contributed by atoms with van der Waals surface area (Å²) in [7, 11) is 0. The van der Waals surface area contributed by atoms with Crippen LogP contribution < -0.4 is 14.7 Å². The third kappa shape index (κ3) is 8.61. The fraction of sp³-hybridized carbons (Fsp3) is 0.0253. The lowest BCUT2D eigenvalue weighted by atomic mass is 9.86. The number of rotatable bonds is 11. The largest absolute Gasteiger partial charge is 0.455 e. The summed E-state index contributed by atoms with van der Waals surface area (Å²) in [5.74, 6) is 0. The third-order valence-corrected chi connectivity index (χ3v) is 16.6. The van der Waals surface area contributed by atoms with Gasteiger partial charge in [0.15, 0.2) is 5.58 Å². The van der Waals surface area contributed by atoms with E-state index in [1.54, 1.807) is 0 Å². The molecule has 2 aliphatic heterocycles. The average molecular weight is 1090 g/mol. The zero-order valence-corrected chi connectivity index (χ0v) is 46.4. The first kappa shape index (κ1) is 49.6. The quantitative estimate of drug-likeness (QED) is 0.0954. The topological polar surface area (TPSA) is 48.4 Å². The molecule has 0 atom stereocenters. The molecule has 0 unspecified atom stereocenters. The highest BCUT2D eigenvalue weighted by molar-refractivity contribution is 6.41. The van der Waals surface area contributed by atoms with Gasteiger partial charge in [-0.25, -0.2) is 4.99 Å².